The molecule has 3 nitrogen and oxygen atoms in total. The Morgan fingerprint density at radius 1 is 1.35 bits per heavy atom. The molecule has 17 heavy (non-hydrogen) atoms. The van der Waals surface area contributed by atoms with Crippen molar-refractivity contribution >= 4 is 22.5 Å². The summed E-state index contributed by atoms with van der Waals surface area (Å²) in [5.41, 5.74) is 2.68. The average Bonchev–Trinajstić information content (AvgIpc) is 2.78. The van der Waals surface area contributed by atoms with E-state index in [2.05, 4.69) is 4.98 Å². The van der Waals surface area contributed by atoms with Gasteiger partial charge in [0, 0.05) is 11.3 Å². The van der Waals surface area contributed by atoms with Crippen LogP contribution in [0.25, 0.3) is 10.9 Å². The zero-order chi connectivity index (χ0) is 12.0. The van der Waals surface area contributed by atoms with Gasteiger partial charge >= 0.3 is 0 Å². The molecule has 0 bridgehead atoms. The molecule has 1 aromatic heterocycles. The molecule has 0 amide bonds. The molecule has 0 radical (unpaired) electrons. The highest BCUT2D eigenvalue weighted by atomic mass is 35.5. The highest BCUT2D eigenvalue weighted by Gasteiger charge is 2.20. The molecule has 1 N–H and O–H groups in total. The van der Waals surface area contributed by atoms with Crippen LogP contribution in [0.2, 0.25) is 5.02 Å². The topological polar surface area (TPSA) is 42.1 Å². The third-order valence-electron chi connectivity index (χ3n) is 3.33. The fourth-order valence-electron chi connectivity index (χ4n) is 2.51. The minimum absolute atomic E-state index is 0.0511. The molecule has 88 valence electrons. The molecule has 0 saturated heterocycles. The van der Waals surface area contributed by atoms with E-state index >= 15 is 0 Å². The second-order valence-corrected chi connectivity index (χ2v) is 4.67. The number of aromatic nitrogens is 1. The molecule has 2 aromatic rings. The van der Waals surface area contributed by atoms with Crippen molar-refractivity contribution in [3.63, 3.8) is 0 Å². The van der Waals surface area contributed by atoms with Crippen molar-refractivity contribution in [3.05, 3.63) is 38.6 Å². The number of aromatic amines is 1. The molecule has 0 saturated carbocycles. The predicted octanol–water partition coefficient (Wildman–Crippen LogP) is 2.68. The average molecular weight is 250 g/mol. The van der Waals surface area contributed by atoms with E-state index in [1.807, 2.05) is 0 Å². The van der Waals surface area contributed by atoms with Crippen molar-refractivity contribution in [2.45, 2.75) is 19.3 Å². The lowest BCUT2D eigenvalue weighted by atomic mass is 10.1. The van der Waals surface area contributed by atoms with E-state index in [4.69, 9.17) is 16.3 Å². The summed E-state index contributed by atoms with van der Waals surface area (Å²) in [4.78, 5) is 15.6. The van der Waals surface area contributed by atoms with Gasteiger partial charge in [-0.3, -0.25) is 4.79 Å². The monoisotopic (exact) mass is 249 g/mol. The van der Waals surface area contributed by atoms with Gasteiger partial charge in [0.25, 0.3) is 0 Å². The van der Waals surface area contributed by atoms with Gasteiger partial charge in [-0.25, -0.2) is 0 Å². The van der Waals surface area contributed by atoms with E-state index in [-0.39, 0.29) is 5.43 Å². The maximum Gasteiger partial charge on any atom is 0.194 e. The van der Waals surface area contributed by atoms with Gasteiger partial charge in [-0.2, -0.15) is 0 Å². The van der Waals surface area contributed by atoms with Crippen LogP contribution in [-0.2, 0) is 12.8 Å². The Balaban J connectivity index is 2.50. The van der Waals surface area contributed by atoms with Gasteiger partial charge in [0.1, 0.15) is 5.75 Å². The number of benzene rings is 1. The number of hydrogen-bond acceptors (Lipinski definition) is 2. The second-order valence-electron chi connectivity index (χ2n) is 4.26. The molecule has 1 aliphatic carbocycles. The molecule has 1 heterocycles. The summed E-state index contributed by atoms with van der Waals surface area (Å²) in [6.07, 6.45) is 2.79. The van der Waals surface area contributed by atoms with Gasteiger partial charge in [-0.15, -0.1) is 0 Å². The second kappa shape index (κ2) is 3.77. The van der Waals surface area contributed by atoms with Crippen molar-refractivity contribution in [2.75, 3.05) is 7.11 Å². The van der Waals surface area contributed by atoms with Crippen LogP contribution in [0.1, 0.15) is 17.7 Å². The molecule has 0 spiro atoms. The van der Waals surface area contributed by atoms with Crippen LogP contribution >= 0.6 is 11.6 Å². The summed E-state index contributed by atoms with van der Waals surface area (Å²) < 4.78 is 5.27. The van der Waals surface area contributed by atoms with Gasteiger partial charge in [0.15, 0.2) is 5.43 Å². The summed E-state index contributed by atoms with van der Waals surface area (Å²) >= 11 is 6.12. The van der Waals surface area contributed by atoms with Crippen molar-refractivity contribution < 1.29 is 4.74 Å². The quantitative estimate of drug-likeness (QED) is 0.844. The lowest BCUT2D eigenvalue weighted by Crippen LogP contribution is -2.11. The molecule has 3 rings (SSSR count). The first-order chi connectivity index (χ1) is 8.22. The Labute approximate surface area is 103 Å². The van der Waals surface area contributed by atoms with E-state index in [0.717, 1.165) is 30.5 Å². The SMILES string of the molecule is COc1ccc(Cl)c2c(=O)c3c([nH]c12)CCC3. The number of pyridine rings is 1. The minimum atomic E-state index is 0.0511. The smallest absolute Gasteiger partial charge is 0.194 e. The number of ether oxygens (including phenoxy) is 1. The molecule has 1 aliphatic rings. The number of H-pyrrole nitrogens is 1. The molecule has 0 aliphatic heterocycles. The number of aryl methyl sites for hydroxylation is 1. The Bertz CT molecular complexity index is 660. The Hall–Kier alpha value is -1.48. The van der Waals surface area contributed by atoms with Gasteiger partial charge in [-0.1, -0.05) is 11.6 Å². The zero-order valence-corrected chi connectivity index (χ0v) is 10.2. The highest BCUT2D eigenvalue weighted by molar-refractivity contribution is 6.35. The third kappa shape index (κ3) is 1.46. The number of hydrogen-bond donors (Lipinski definition) is 1. The number of nitrogens with one attached hydrogen (secondary N) is 1. The summed E-state index contributed by atoms with van der Waals surface area (Å²) in [7, 11) is 1.59. The van der Waals surface area contributed by atoms with Crippen LogP contribution < -0.4 is 10.2 Å². The van der Waals surface area contributed by atoms with Gasteiger partial charge < -0.3 is 9.72 Å². The van der Waals surface area contributed by atoms with Crippen LogP contribution in [0, 0.1) is 0 Å². The fraction of sp³-hybridized carbons (Fsp3) is 0.308. The molecule has 0 unspecified atom stereocenters. The lowest BCUT2D eigenvalue weighted by molar-refractivity contribution is 0.419. The fourth-order valence-corrected chi connectivity index (χ4v) is 2.75. The van der Waals surface area contributed by atoms with E-state index < -0.39 is 0 Å². The van der Waals surface area contributed by atoms with Crippen LogP contribution in [0.15, 0.2) is 16.9 Å². The van der Waals surface area contributed by atoms with Crippen molar-refractivity contribution in [1.29, 1.82) is 0 Å². The van der Waals surface area contributed by atoms with E-state index in [1.165, 1.54) is 0 Å². The summed E-state index contributed by atoms with van der Waals surface area (Å²) in [5.74, 6) is 0.663. The van der Waals surface area contributed by atoms with Crippen molar-refractivity contribution in [1.82, 2.24) is 4.98 Å². The Morgan fingerprint density at radius 3 is 2.94 bits per heavy atom. The molecule has 1 aromatic carbocycles. The van der Waals surface area contributed by atoms with Crippen molar-refractivity contribution in [3.8, 4) is 5.75 Å². The van der Waals surface area contributed by atoms with Crippen LogP contribution in [-0.4, -0.2) is 12.1 Å². The van der Waals surface area contributed by atoms with Gasteiger partial charge in [-0.05, 0) is 31.4 Å². The number of fused-ring (bicyclic) bond motifs is 2. The zero-order valence-electron chi connectivity index (χ0n) is 9.47. The van der Waals surface area contributed by atoms with E-state index in [1.54, 1.807) is 19.2 Å². The van der Waals surface area contributed by atoms with Gasteiger partial charge in [0.2, 0.25) is 0 Å². The first kappa shape index (κ1) is 10.7. The van der Waals surface area contributed by atoms with Crippen molar-refractivity contribution in [2.24, 2.45) is 0 Å². The maximum absolute atomic E-state index is 12.3. The molecular formula is C13H12ClNO2. The highest BCUT2D eigenvalue weighted by Crippen LogP contribution is 2.30. The predicted molar refractivity (Wildman–Crippen MR) is 68.2 cm³/mol. The summed E-state index contributed by atoms with van der Waals surface area (Å²) in [6, 6.07) is 3.49. The van der Waals surface area contributed by atoms with Crippen LogP contribution in [0.3, 0.4) is 0 Å². The Morgan fingerprint density at radius 2 is 2.18 bits per heavy atom. The molecule has 0 atom stereocenters. The molecule has 0 fully saturated rings. The van der Waals surface area contributed by atoms with Crippen LogP contribution in [0.4, 0.5) is 0 Å². The number of rotatable bonds is 1. The number of halogens is 1. The Kier molecular flexibility index (Phi) is 2.37. The maximum atomic E-state index is 12.3. The first-order valence-electron chi connectivity index (χ1n) is 5.62. The van der Waals surface area contributed by atoms with Gasteiger partial charge in [0.05, 0.1) is 23.0 Å². The lowest BCUT2D eigenvalue weighted by Gasteiger charge is -2.09. The van der Waals surface area contributed by atoms with E-state index in [9.17, 15) is 4.79 Å². The standard InChI is InChI=1S/C13H12ClNO2/c1-17-10-6-5-8(14)11-12(10)15-9-4-2-3-7(9)13(11)16/h5-6H,2-4H2,1H3,(H,15,16). The normalized spacial score (nSPS) is 14.0. The summed E-state index contributed by atoms with van der Waals surface area (Å²) in [5, 5.41) is 1.03. The minimum Gasteiger partial charge on any atom is -0.495 e. The largest absolute Gasteiger partial charge is 0.495 e. The molecular weight excluding hydrogens is 238 g/mol. The summed E-state index contributed by atoms with van der Waals surface area (Å²) in [6.45, 7) is 0. The third-order valence-corrected chi connectivity index (χ3v) is 3.65. The van der Waals surface area contributed by atoms with E-state index in [0.29, 0.717) is 21.7 Å². The van der Waals surface area contributed by atoms with Crippen LogP contribution in [0.5, 0.6) is 5.75 Å². The number of methoxy groups -OCH3 is 1. The molecule has 4 heteroatoms. The first-order valence-corrected chi connectivity index (χ1v) is 6.00.